The number of benzene rings is 3. The molecule has 0 unspecified atom stereocenters. The molecule has 8 nitrogen and oxygen atoms in total. The molecular formula is C34H30ClF3N6O2. The zero-order valence-corrected chi connectivity index (χ0v) is 25.6. The maximum Gasteiger partial charge on any atom is 0.416 e. The van der Waals surface area contributed by atoms with Crippen LogP contribution in [0.5, 0.6) is 0 Å². The molecule has 4 aromatic rings. The second-order valence-electron chi connectivity index (χ2n) is 10.9. The molecule has 0 bridgehead atoms. The fourth-order valence-electron chi connectivity index (χ4n) is 5.22. The first kappa shape index (κ1) is 32.6. The lowest BCUT2D eigenvalue weighted by Gasteiger charge is -2.34. The summed E-state index contributed by atoms with van der Waals surface area (Å²) in [5, 5.41) is 14.4. The number of alkyl halides is 3. The zero-order valence-electron chi connectivity index (χ0n) is 24.9. The highest BCUT2D eigenvalue weighted by molar-refractivity contribution is 6.31. The van der Waals surface area contributed by atoms with Crippen LogP contribution in [0.3, 0.4) is 0 Å². The minimum Gasteiger partial charge on any atom is -0.322 e. The van der Waals surface area contributed by atoms with Crippen molar-refractivity contribution in [2.75, 3.05) is 43.4 Å². The maximum atomic E-state index is 14.1. The fraction of sp³-hybridized carbons (Fsp3) is 0.235. The first-order chi connectivity index (χ1) is 22.0. The van der Waals surface area contributed by atoms with Crippen molar-refractivity contribution >= 4 is 34.8 Å². The van der Waals surface area contributed by atoms with Crippen LogP contribution in [0.25, 0.3) is 11.1 Å². The summed E-state index contributed by atoms with van der Waals surface area (Å²) < 4.78 is 42.2. The number of carbonyl (C=O) groups is 2. The molecule has 2 amide bonds. The molecule has 1 saturated heterocycles. The van der Waals surface area contributed by atoms with Crippen molar-refractivity contribution in [3.8, 4) is 17.2 Å². The molecule has 1 fully saturated rings. The normalized spacial score (nSPS) is 14.0. The molecule has 3 aromatic carbocycles. The Morgan fingerprint density at radius 2 is 1.52 bits per heavy atom. The number of hydrogen-bond donors (Lipinski definition) is 2. The number of nitrogens with zero attached hydrogens (tertiary/aromatic N) is 4. The van der Waals surface area contributed by atoms with Gasteiger partial charge in [0.2, 0.25) is 0 Å². The van der Waals surface area contributed by atoms with E-state index in [-0.39, 0.29) is 39.6 Å². The van der Waals surface area contributed by atoms with E-state index in [9.17, 15) is 22.8 Å². The number of amides is 2. The summed E-state index contributed by atoms with van der Waals surface area (Å²) in [6, 6.07) is 18.5. The van der Waals surface area contributed by atoms with Gasteiger partial charge in [0.25, 0.3) is 11.8 Å². The summed E-state index contributed by atoms with van der Waals surface area (Å²) in [7, 11) is 0. The first-order valence-corrected chi connectivity index (χ1v) is 14.9. The number of aromatic nitrogens is 1. The van der Waals surface area contributed by atoms with E-state index in [4.69, 9.17) is 16.9 Å². The van der Waals surface area contributed by atoms with Crippen LogP contribution in [0.1, 0.15) is 44.3 Å². The molecule has 2 N–H and O–H groups in total. The highest BCUT2D eigenvalue weighted by Gasteiger charge is 2.34. The number of hydrogen-bond acceptors (Lipinski definition) is 6. The zero-order chi connectivity index (χ0) is 32.8. The SMILES string of the molecule is CCN1CCN(Cc2ccc(NC(=O)c3cc(Cl)cc(NC(=O)c4cncc(-c5ccc(C#N)cc5)c4)c3)cc2C(F)(F)F)CC1. The number of nitrogens with one attached hydrogen (secondary N) is 2. The number of carbonyl (C=O) groups excluding carboxylic acids is 2. The molecule has 1 aromatic heterocycles. The van der Waals surface area contributed by atoms with Crippen molar-refractivity contribution in [1.29, 1.82) is 5.26 Å². The summed E-state index contributed by atoms with van der Waals surface area (Å²) in [5.74, 6) is -1.21. The molecule has 2 heterocycles. The Kier molecular flexibility index (Phi) is 10.0. The number of piperazine rings is 1. The van der Waals surface area contributed by atoms with Crippen LogP contribution < -0.4 is 10.6 Å². The Balaban J connectivity index is 1.29. The molecular weight excluding hydrogens is 617 g/mol. The van der Waals surface area contributed by atoms with Crippen molar-refractivity contribution in [2.45, 2.75) is 19.6 Å². The summed E-state index contributed by atoms with van der Waals surface area (Å²) in [6.45, 7) is 6.08. The molecule has 0 aliphatic carbocycles. The van der Waals surface area contributed by atoms with E-state index >= 15 is 0 Å². The van der Waals surface area contributed by atoms with Crippen molar-refractivity contribution in [3.05, 3.63) is 112 Å². The lowest BCUT2D eigenvalue weighted by Crippen LogP contribution is -2.45. The second kappa shape index (κ2) is 14.1. The Morgan fingerprint density at radius 1 is 0.848 bits per heavy atom. The molecule has 0 atom stereocenters. The van der Waals surface area contributed by atoms with Crippen molar-refractivity contribution in [3.63, 3.8) is 0 Å². The van der Waals surface area contributed by atoms with Crippen LogP contribution in [0, 0.1) is 11.3 Å². The van der Waals surface area contributed by atoms with E-state index in [0.29, 0.717) is 24.2 Å². The van der Waals surface area contributed by atoms with Crippen molar-refractivity contribution in [1.82, 2.24) is 14.8 Å². The van der Waals surface area contributed by atoms with Gasteiger partial charge in [-0.3, -0.25) is 19.5 Å². The summed E-state index contributed by atoms with van der Waals surface area (Å²) >= 11 is 6.25. The van der Waals surface area contributed by atoms with Gasteiger partial charge in [0.1, 0.15) is 0 Å². The van der Waals surface area contributed by atoms with Crippen molar-refractivity contribution < 1.29 is 22.8 Å². The summed E-state index contributed by atoms with van der Waals surface area (Å²) in [6.07, 6.45) is -1.64. The predicted molar refractivity (Wildman–Crippen MR) is 171 cm³/mol. The van der Waals surface area contributed by atoms with E-state index < -0.39 is 23.6 Å². The highest BCUT2D eigenvalue weighted by atomic mass is 35.5. The third-order valence-electron chi connectivity index (χ3n) is 7.74. The minimum atomic E-state index is -4.61. The number of pyridine rings is 1. The average Bonchev–Trinajstić information content (AvgIpc) is 3.05. The lowest BCUT2D eigenvalue weighted by atomic mass is 10.0. The largest absolute Gasteiger partial charge is 0.416 e. The van der Waals surface area contributed by atoms with Crippen LogP contribution in [0.2, 0.25) is 5.02 Å². The molecule has 0 radical (unpaired) electrons. The molecule has 0 spiro atoms. The maximum absolute atomic E-state index is 14.1. The summed E-state index contributed by atoms with van der Waals surface area (Å²) in [5.41, 5.74) is 1.72. The van der Waals surface area contributed by atoms with Gasteiger partial charge in [0.05, 0.1) is 22.8 Å². The van der Waals surface area contributed by atoms with E-state index in [1.807, 2.05) is 4.90 Å². The number of halogens is 4. The fourth-order valence-corrected chi connectivity index (χ4v) is 5.45. The van der Waals surface area contributed by atoms with E-state index in [2.05, 4.69) is 33.5 Å². The Morgan fingerprint density at radius 3 is 2.20 bits per heavy atom. The molecule has 1 aliphatic rings. The van der Waals surface area contributed by atoms with E-state index in [1.54, 1.807) is 36.5 Å². The van der Waals surface area contributed by atoms with E-state index in [1.165, 1.54) is 36.5 Å². The van der Waals surface area contributed by atoms with Gasteiger partial charge in [-0.2, -0.15) is 18.4 Å². The van der Waals surface area contributed by atoms with Crippen LogP contribution >= 0.6 is 11.6 Å². The molecule has 46 heavy (non-hydrogen) atoms. The molecule has 1 aliphatic heterocycles. The lowest BCUT2D eigenvalue weighted by molar-refractivity contribution is -0.138. The van der Waals surface area contributed by atoms with Gasteiger partial charge in [-0.25, -0.2) is 0 Å². The van der Waals surface area contributed by atoms with Crippen LogP contribution in [0.4, 0.5) is 24.5 Å². The van der Waals surface area contributed by atoms with Gasteiger partial charge >= 0.3 is 6.18 Å². The van der Waals surface area contributed by atoms with Crippen molar-refractivity contribution in [2.24, 2.45) is 0 Å². The predicted octanol–water partition coefficient (Wildman–Crippen LogP) is 6.93. The van der Waals surface area contributed by atoms with Gasteiger partial charge in [0, 0.05) is 72.6 Å². The van der Waals surface area contributed by atoms with Crippen LogP contribution in [0.15, 0.2) is 79.1 Å². The average molecular weight is 647 g/mol. The topological polar surface area (TPSA) is 101 Å². The summed E-state index contributed by atoms with van der Waals surface area (Å²) in [4.78, 5) is 34.6. The highest BCUT2D eigenvalue weighted by Crippen LogP contribution is 2.35. The third-order valence-corrected chi connectivity index (χ3v) is 7.96. The monoisotopic (exact) mass is 646 g/mol. The van der Waals surface area contributed by atoms with Gasteiger partial charge < -0.3 is 15.5 Å². The quantitative estimate of drug-likeness (QED) is 0.215. The Bertz CT molecular complexity index is 1780. The first-order valence-electron chi connectivity index (χ1n) is 14.6. The third kappa shape index (κ3) is 8.09. The number of anilines is 2. The van der Waals surface area contributed by atoms with Gasteiger partial charge in [0.15, 0.2) is 0 Å². The standard InChI is InChI=1S/C34H30ClF3N6O2/c1-2-43-9-11-44(12-10-43)21-24-7-8-29(17-31(24)34(36,37)38)41-32(45)25-14-28(35)16-30(15-25)42-33(46)27-13-26(19-40-20-27)23-5-3-22(18-39)4-6-23/h3-8,13-17,19-20H,2,9-12,21H2,1H3,(H,41,45)(H,42,46). The molecule has 12 heteroatoms. The smallest absolute Gasteiger partial charge is 0.322 e. The number of likely N-dealkylation sites (N-methyl/N-ethyl adjacent to an activating group) is 1. The van der Waals surface area contributed by atoms with Crippen LogP contribution in [-0.4, -0.2) is 59.3 Å². The number of nitriles is 1. The molecule has 5 rings (SSSR count). The van der Waals surface area contributed by atoms with Gasteiger partial charge in [-0.1, -0.05) is 36.7 Å². The molecule has 236 valence electrons. The van der Waals surface area contributed by atoms with Gasteiger partial charge in [-0.15, -0.1) is 0 Å². The second-order valence-corrected chi connectivity index (χ2v) is 11.3. The van der Waals surface area contributed by atoms with Gasteiger partial charge in [-0.05, 0) is 66.2 Å². The Hall–Kier alpha value is -4.76. The minimum absolute atomic E-state index is 0.0202. The van der Waals surface area contributed by atoms with Crippen LogP contribution in [-0.2, 0) is 12.7 Å². The van der Waals surface area contributed by atoms with E-state index in [0.717, 1.165) is 31.3 Å². The molecule has 0 saturated carbocycles. The number of rotatable bonds is 8. The Labute approximate surface area is 269 Å².